The average molecular weight is 364 g/mol. The number of aromatic amines is 1. The van der Waals surface area contributed by atoms with E-state index in [2.05, 4.69) is 10.3 Å². The molecule has 4 rings (SSSR count). The Kier molecular flexibility index (Phi) is 4.25. The summed E-state index contributed by atoms with van der Waals surface area (Å²) in [7, 11) is 1.52. The lowest BCUT2D eigenvalue weighted by Gasteiger charge is -2.10. The Morgan fingerprint density at radius 3 is 2.70 bits per heavy atom. The van der Waals surface area contributed by atoms with Crippen LogP contribution in [-0.2, 0) is 9.53 Å². The molecule has 2 heterocycles. The van der Waals surface area contributed by atoms with Gasteiger partial charge in [0, 0.05) is 23.0 Å². The molecule has 1 amide bonds. The zero-order chi connectivity index (χ0) is 18.8. The minimum Gasteiger partial charge on any atom is -0.495 e. The minimum absolute atomic E-state index is 0.282. The number of nitrogens with one attached hydrogen (secondary N) is 2. The molecule has 0 radical (unpaired) electrons. The van der Waals surface area contributed by atoms with Gasteiger partial charge in [-0.25, -0.2) is 4.79 Å². The molecule has 2 aromatic heterocycles. The summed E-state index contributed by atoms with van der Waals surface area (Å²) in [6.45, 7) is -0.417. The van der Waals surface area contributed by atoms with E-state index in [1.807, 2.05) is 30.3 Å². The maximum absolute atomic E-state index is 12.2. The first kappa shape index (κ1) is 16.7. The third-order valence-corrected chi connectivity index (χ3v) is 4.13. The predicted molar refractivity (Wildman–Crippen MR) is 100.0 cm³/mol. The predicted octanol–water partition coefficient (Wildman–Crippen LogP) is 3.72. The Morgan fingerprint density at radius 1 is 1.07 bits per heavy atom. The van der Waals surface area contributed by atoms with Crippen molar-refractivity contribution >= 4 is 39.5 Å². The molecule has 0 bridgehead atoms. The van der Waals surface area contributed by atoms with Gasteiger partial charge in [0.2, 0.25) is 0 Å². The summed E-state index contributed by atoms with van der Waals surface area (Å²) < 4.78 is 16.2. The van der Waals surface area contributed by atoms with Crippen molar-refractivity contribution in [2.24, 2.45) is 0 Å². The molecule has 136 valence electrons. The van der Waals surface area contributed by atoms with Gasteiger partial charge in [-0.3, -0.25) is 4.79 Å². The first-order valence-corrected chi connectivity index (χ1v) is 8.25. The van der Waals surface area contributed by atoms with Gasteiger partial charge in [0.25, 0.3) is 5.91 Å². The molecule has 0 aliphatic heterocycles. The molecule has 0 fully saturated rings. The molecule has 0 saturated carbocycles. The van der Waals surface area contributed by atoms with Crippen LogP contribution in [0.15, 0.2) is 59.1 Å². The molecule has 4 aromatic rings. The monoisotopic (exact) mass is 364 g/mol. The first-order valence-electron chi connectivity index (χ1n) is 8.25. The van der Waals surface area contributed by atoms with E-state index in [4.69, 9.17) is 13.9 Å². The summed E-state index contributed by atoms with van der Waals surface area (Å²) >= 11 is 0. The number of H-pyrrole nitrogens is 1. The van der Waals surface area contributed by atoms with Crippen molar-refractivity contribution in [2.45, 2.75) is 0 Å². The third kappa shape index (κ3) is 3.22. The van der Waals surface area contributed by atoms with Crippen molar-refractivity contribution < 1.29 is 23.5 Å². The first-order chi connectivity index (χ1) is 13.2. The Labute approximate surface area is 153 Å². The van der Waals surface area contributed by atoms with Gasteiger partial charge in [-0.15, -0.1) is 0 Å². The fourth-order valence-corrected chi connectivity index (χ4v) is 2.87. The van der Waals surface area contributed by atoms with Gasteiger partial charge >= 0.3 is 5.97 Å². The molecule has 0 saturated heterocycles. The molecule has 2 N–H and O–H groups in total. The van der Waals surface area contributed by atoms with Crippen molar-refractivity contribution in [3.63, 3.8) is 0 Å². The Morgan fingerprint density at radius 2 is 1.93 bits per heavy atom. The average Bonchev–Trinajstić information content (AvgIpc) is 3.33. The van der Waals surface area contributed by atoms with Gasteiger partial charge in [0.15, 0.2) is 6.61 Å². The summed E-state index contributed by atoms with van der Waals surface area (Å²) in [4.78, 5) is 26.7. The van der Waals surface area contributed by atoms with E-state index in [0.29, 0.717) is 17.0 Å². The van der Waals surface area contributed by atoms with E-state index in [1.54, 1.807) is 24.4 Å². The highest BCUT2D eigenvalue weighted by atomic mass is 16.5. The fraction of sp³-hybridized carbons (Fsp3) is 0.100. The van der Waals surface area contributed by atoms with Crippen LogP contribution >= 0.6 is 0 Å². The highest BCUT2D eigenvalue weighted by molar-refractivity contribution is 6.08. The number of anilines is 1. The Bertz CT molecular complexity index is 1130. The smallest absolute Gasteiger partial charge is 0.355 e. The van der Waals surface area contributed by atoms with Crippen LogP contribution in [0.2, 0.25) is 0 Å². The maximum Gasteiger partial charge on any atom is 0.355 e. The molecule has 2 aromatic carbocycles. The van der Waals surface area contributed by atoms with Crippen LogP contribution < -0.4 is 10.1 Å². The number of hydrogen-bond acceptors (Lipinski definition) is 5. The summed E-state index contributed by atoms with van der Waals surface area (Å²) in [5.74, 6) is -0.600. The number of methoxy groups -OCH3 is 1. The van der Waals surface area contributed by atoms with Crippen molar-refractivity contribution in [3.8, 4) is 5.75 Å². The van der Waals surface area contributed by atoms with Crippen LogP contribution in [0.3, 0.4) is 0 Å². The van der Waals surface area contributed by atoms with Gasteiger partial charge < -0.3 is 24.2 Å². The zero-order valence-electron chi connectivity index (χ0n) is 14.4. The molecule has 7 heteroatoms. The van der Waals surface area contributed by atoms with Crippen LogP contribution in [0.1, 0.15) is 10.5 Å². The van der Waals surface area contributed by atoms with Gasteiger partial charge in [0.1, 0.15) is 22.6 Å². The zero-order valence-corrected chi connectivity index (χ0v) is 14.4. The number of carbonyl (C=O) groups excluding carboxylic acids is 2. The number of ether oxygens (including phenoxy) is 2. The lowest BCUT2D eigenvalue weighted by atomic mass is 10.1. The van der Waals surface area contributed by atoms with E-state index >= 15 is 0 Å². The summed E-state index contributed by atoms with van der Waals surface area (Å²) in [5.41, 5.74) is 2.09. The van der Waals surface area contributed by atoms with Crippen LogP contribution in [0.4, 0.5) is 5.69 Å². The number of rotatable bonds is 5. The number of para-hydroxylation sites is 1. The Hall–Kier alpha value is -3.74. The normalized spacial score (nSPS) is 10.9. The van der Waals surface area contributed by atoms with E-state index < -0.39 is 18.5 Å². The topological polar surface area (TPSA) is 93.6 Å². The van der Waals surface area contributed by atoms with Gasteiger partial charge in [-0.05, 0) is 24.3 Å². The molecule has 0 aliphatic carbocycles. The fourth-order valence-electron chi connectivity index (χ4n) is 2.87. The van der Waals surface area contributed by atoms with Crippen LogP contribution in [0.25, 0.3) is 21.9 Å². The second-order valence-corrected chi connectivity index (χ2v) is 5.85. The van der Waals surface area contributed by atoms with Gasteiger partial charge in [-0.1, -0.05) is 18.2 Å². The second kappa shape index (κ2) is 6.87. The second-order valence-electron chi connectivity index (χ2n) is 5.85. The number of aromatic nitrogens is 1. The number of esters is 1. The van der Waals surface area contributed by atoms with Crippen LogP contribution in [0.5, 0.6) is 5.75 Å². The summed E-state index contributed by atoms with van der Waals surface area (Å²) in [6.07, 6.45) is 1.60. The number of fused-ring (bicyclic) bond motifs is 3. The highest BCUT2D eigenvalue weighted by Crippen LogP contribution is 2.36. The molecule has 0 spiro atoms. The standard InChI is InChI=1S/C20H16N2O5/c1-25-18-9-13-12-5-2-3-7-16(12)27-17(13)10-15(18)22-19(23)11-26-20(24)14-6-4-8-21-14/h2-10,21H,11H2,1H3,(H,22,23). The number of amides is 1. The van der Waals surface area contributed by atoms with E-state index in [1.165, 1.54) is 7.11 Å². The van der Waals surface area contributed by atoms with Crippen molar-refractivity contribution in [3.05, 3.63) is 60.4 Å². The van der Waals surface area contributed by atoms with Crippen molar-refractivity contribution in [2.75, 3.05) is 19.0 Å². The molecule has 7 nitrogen and oxygen atoms in total. The van der Waals surface area contributed by atoms with Gasteiger partial charge in [0.05, 0.1) is 12.8 Å². The van der Waals surface area contributed by atoms with E-state index in [-0.39, 0.29) is 5.69 Å². The minimum atomic E-state index is -0.602. The molecular formula is C20H16N2O5. The van der Waals surface area contributed by atoms with Crippen molar-refractivity contribution in [1.29, 1.82) is 0 Å². The molecule has 0 unspecified atom stereocenters. The van der Waals surface area contributed by atoms with E-state index in [9.17, 15) is 9.59 Å². The van der Waals surface area contributed by atoms with Crippen LogP contribution in [-0.4, -0.2) is 30.6 Å². The van der Waals surface area contributed by atoms with E-state index in [0.717, 1.165) is 16.4 Å². The molecule has 0 atom stereocenters. The highest BCUT2D eigenvalue weighted by Gasteiger charge is 2.15. The maximum atomic E-state index is 12.2. The quantitative estimate of drug-likeness (QED) is 0.527. The van der Waals surface area contributed by atoms with Gasteiger partial charge in [-0.2, -0.15) is 0 Å². The third-order valence-electron chi connectivity index (χ3n) is 4.13. The number of hydrogen-bond donors (Lipinski definition) is 2. The summed E-state index contributed by atoms with van der Waals surface area (Å²) in [6, 6.07) is 14.4. The number of furan rings is 1. The Balaban J connectivity index is 1.54. The molecule has 0 aliphatic rings. The van der Waals surface area contributed by atoms with Crippen LogP contribution in [0, 0.1) is 0 Å². The van der Waals surface area contributed by atoms with Crippen molar-refractivity contribution in [1.82, 2.24) is 4.98 Å². The SMILES string of the molecule is COc1cc2c(cc1NC(=O)COC(=O)c1ccc[nH]1)oc1ccccc12. The lowest BCUT2D eigenvalue weighted by molar-refractivity contribution is -0.119. The molecular weight excluding hydrogens is 348 g/mol. The number of benzene rings is 2. The molecule has 27 heavy (non-hydrogen) atoms. The number of carbonyl (C=O) groups is 2. The lowest BCUT2D eigenvalue weighted by Crippen LogP contribution is -2.21. The summed E-state index contributed by atoms with van der Waals surface area (Å²) in [5, 5.41) is 4.54. The largest absolute Gasteiger partial charge is 0.495 e.